The van der Waals surface area contributed by atoms with E-state index in [1.165, 1.54) is 26.0 Å². The Bertz CT molecular complexity index is 911. The molecule has 2 rings (SSSR count). The zero-order valence-corrected chi connectivity index (χ0v) is 16.0. The van der Waals surface area contributed by atoms with Gasteiger partial charge < -0.3 is 15.4 Å². The van der Waals surface area contributed by atoms with Gasteiger partial charge in [0.25, 0.3) is 11.6 Å². The van der Waals surface area contributed by atoms with Gasteiger partial charge in [0, 0.05) is 23.9 Å². The second-order valence-corrected chi connectivity index (χ2v) is 6.21. The molecule has 0 saturated heterocycles. The molecule has 2 N–H and O–H groups in total. The van der Waals surface area contributed by atoms with Crippen molar-refractivity contribution in [2.75, 3.05) is 17.2 Å². The van der Waals surface area contributed by atoms with Crippen LogP contribution in [0.1, 0.15) is 30.6 Å². The van der Waals surface area contributed by atoms with Gasteiger partial charge in [-0.1, -0.05) is 12.1 Å². The minimum absolute atomic E-state index is 0.0724. The molecule has 9 heteroatoms. The minimum Gasteiger partial charge on any atom is -0.452 e. The zero-order valence-electron chi connectivity index (χ0n) is 16.0. The number of carbonyl (C=O) groups is 3. The molecular weight excluding hydrogens is 378 g/mol. The number of para-hydroxylation sites is 2. The first-order valence-electron chi connectivity index (χ1n) is 8.86. The normalized spacial score (nSPS) is 11.2. The van der Waals surface area contributed by atoms with E-state index in [-0.39, 0.29) is 24.4 Å². The van der Waals surface area contributed by atoms with Crippen LogP contribution in [0.4, 0.5) is 17.1 Å². The average Bonchev–Trinajstić information content (AvgIpc) is 2.68. The second-order valence-electron chi connectivity index (χ2n) is 6.21. The van der Waals surface area contributed by atoms with Gasteiger partial charge in [0.15, 0.2) is 11.9 Å². The highest BCUT2D eigenvalue weighted by Gasteiger charge is 2.18. The van der Waals surface area contributed by atoms with Crippen molar-refractivity contribution < 1.29 is 24.0 Å². The summed E-state index contributed by atoms with van der Waals surface area (Å²) in [5.74, 6) is -1.22. The number of benzene rings is 2. The summed E-state index contributed by atoms with van der Waals surface area (Å²) in [6, 6.07) is 12.4. The third-order valence-corrected chi connectivity index (χ3v) is 3.98. The van der Waals surface area contributed by atoms with Crippen LogP contribution < -0.4 is 10.6 Å². The number of nitrogens with zero attached hydrogens (tertiary/aromatic N) is 1. The van der Waals surface area contributed by atoms with E-state index in [1.54, 1.807) is 36.4 Å². The van der Waals surface area contributed by atoms with Crippen LogP contribution in [0.25, 0.3) is 0 Å². The maximum absolute atomic E-state index is 12.1. The predicted molar refractivity (Wildman–Crippen MR) is 107 cm³/mol. The monoisotopic (exact) mass is 399 g/mol. The van der Waals surface area contributed by atoms with Crippen LogP contribution in [-0.4, -0.2) is 35.2 Å². The number of nitro groups is 1. The Morgan fingerprint density at radius 1 is 1.10 bits per heavy atom. The van der Waals surface area contributed by atoms with Crippen molar-refractivity contribution in [1.82, 2.24) is 0 Å². The molecule has 0 bridgehead atoms. The molecule has 0 spiro atoms. The van der Waals surface area contributed by atoms with Gasteiger partial charge in [0.2, 0.25) is 0 Å². The Hall–Kier alpha value is -3.75. The topological polar surface area (TPSA) is 128 Å². The van der Waals surface area contributed by atoms with Crippen LogP contribution in [0, 0.1) is 10.1 Å². The lowest BCUT2D eigenvalue weighted by Gasteiger charge is -2.14. The standard InChI is InChI=1S/C20H21N3O6/c1-13(24)15-7-9-16(10-8-15)22-20(26)14(2)29-19(25)11-12-21-17-5-3-4-6-18(17)23(27)28/h3-10,14,21H,11-12H2,1-2H3,(H,22,26). The predicted octanol–water partition coefficient (Wildman–Crippen LogP) is 3.17. The fourth-order valence-electron chi connectivity index (χ4n) is 2.42. The van der Waals surface area contributed by atoms with E-state index in [2.05, 4.69) is 10.6 Å². The smallest absolute Gasteiger partial charge is 0.308 e. The molecule has 152 valence electrons. The highest BCUT2D eigenvalue weighted by molar-refractivity contribution is 5.97. The van der Waals surface area contributed by atoms with E-state index in [0.717, 1.165) is 0 Å². The van der Waals surface area contributed by atoms with Gasteiger partial charge in [-0.2, -0.15) is 0 Å². The fourth-order valence-corrected chi connectivity index (χ4v) is 2.42. The second kappa shape index (κ2) is 9.98. The Morgan fingerprint density at radius 3 is 2.38 bits per heavy atom. The summed E-state index contributed by atoms with van der Waals surface area (Å²) in [7, 11) is 0. The molecule has 0 aliphatic heterocycles. The number of nitrogens with one attached hydrogen (secondary N) is 2. The number of ketones is 1. The molecule has 9 nitrogen and oxygen atoms in total. The van der Waals surface area contributed by atoms with Gasteiger partial charge in [-0.05, 0) is 44.2 Å². The molecule has 0 saturated carbocycles. The third kappa shape index (κ3) is 6.42. The number of rotatable bonds is 9. The maximum Gasteiger partial charge on any atom is 0.308 e. The number of amides is 1. The lowest BCUT2D eigenvalue weighted by atomic mass is 10.1. The molecule has 0 aromatic heterocycles. The van der Waals surface area contributed by atoms with Crippen LogP contribution >= 0.6 is 0 Å². The van der Waals surface area contributed by atoms with Gasteiger partial charge >= 0.3 is 5.97 Å². The Morgan fingerprint density at radius 2 is 1.76 bits per heavy atom. The van der Waals surface area contributed by atoms with Gasteiger partial charge in [-0.3, -0.25) is 24.5 Å². The number of nitro benzene ring substituents is 1. The van der Waals surface area contributed by atoms with Crippen LogP contribution in [0.5, 0.6) is 0 Å². The van der Waals surface area contributed by atoms with E-state index in [9.17, 15) is 24.5 Å². The number of Topliss-reactive ketones (excluding diaryl/α,β-unsaturated/α-hetero) is 1. The number of esters is 1. The zero-order chi connectivity index (χ0) is 21.4. The van der Waals surface area contributed by atoms with Crippen LogP contribution in [-0.2, 0) is 14.3 Å². The summed E-state index contributed by atoms with van der Waals surface area (Å²) in [5, 5.41) is 16.4. The SMILES string of the molecule is CC(=O)c1ccc(NC(=O)C(C)OC(=O)CCNc2ccccc2[N+](=O)[O-])cc1. The Kier molecular flexibility index (Phi) is 7.41. The highest BCUT2D eigenvalue weighted by atomic mass is 16.6. The van der Waals surface area contributed by atoms with Crippen molar-refractivity contribution >= 4 is 34.7 Å². The first-order chi connectivity index (χ1) is 13.8. The van der Waals surface area contributed by atoms with E-state index >= 15 is 0 Å². The summed E-state index contributed by atoms with van der Waals surface area (Å²) >= 11 is 0. The summed E-state index contributed by atoms with van der Waals surface area (Å²) in [6.45, 7) is 3.00. The van der Waals surface area contributed by atoms with Crippen molar-refractivity contribution in [3.05, 3.63) is 64.2 Å². The summed E-state index contributed by atoms with van der Waals surface area (Å²) in [6.07, 6.45) is -1.10. The number of anilines is 2. The largest absolute Gasteiger partial charge is 0.452 e. The van der Waals surface area contributed by atoms with E-state index < -0.39 is 22.9 Å². The summed E-state index contributed by atoms with van der Waals surface area (Å²) in [4.78, 5) is 45.8. The lowest BCUT2D eigenvalue weighted by molar-refractivity contribution is -0.384. The molecule has 1 unspecified atom stereocenters. The van der Waals surface area contributed by atoms with Crippen LogP contribution in [0.2, 0.25) is 0 Å². The van der Waals surface area contributed by atoms with Gasteiger partial charge in [-0.15, -0.1) is 0 Å². The minimum atomic E-state index is -1.03. The highest BCUT2D eigenvalue weighted by Crippen LogP contribution is 2.22. The van der Waals surface area contributed by atoms with Crippen LogP contribution in [0.15, 0.2) is 48.5 Å². The van der Waals surface area contributed by atoms with Crippen molar-refractivity contribution in [1.29, 1.82) is 0 Å². The van der Waals surface area contributed by atoms with Gasteiger partial charge in [-0.25, -0.2) is 0 Å². The maximum atomic E-state index is 12.1. The molecule has 0 aliphatic carbocycles. The quantitative estimate of drug-likeness (QED) is 0.287. The molecule has 0 heterocycles. The Labute approximate surface area is 167 Å². The molecule has 1 atom stereocenters. The van der Waals surface area contributed by atoms with E-state index in [0.29, 0.717) is 16.9 Å². The lowest BCUT2D eigenvalue weighted by Crippen LogP contribution is -2.30. The summed E-state index contributed by atoms with van der Waals surface area (Å²) < 4.78 is 5.08. The Balaban J connectivity index is 1.80. The number of carbonyl (C=O) groups excluding carboxylic acids is 3. The van der Waals surface area contributed by atoms with Crippen molar-refractivity contribution in [3.63, 3.8) is 0 Å². The van der Waals surface area contributed by atoms with E-state index in [4.69, 9.17) is 4.74 Å². The third-order valence-electron chi connectivity index (χ3n) is 3.98. The molecule has 1 amide bonds. The molecule has 29 heavy (non-hydrogen) atoms. The fraction of sp³-hybridized carbons (Fsp3) is 0.250. The molecular formula is C20H21N3O6. The van der Waals surface area contributed by atoms with Crippen molar-refractivity contribution in [2.24, 2.45) is 0 Å². The number of hydrogen-bond acceptors (Lipinski definition) is 7. The van der Waals surface area contributed by atoms with E-state index in [1.807, 2.05) is 0 Å². The van der Waals surface area contributed by atoms with Gasteiger partial charge in [0.1, 0.15) is 5.69 Å². The van der Waals surface area contributed by atoms with Crippen molar-refractivity contribution in [3.8, 4) is 0 Å². The number of ether oxygens (including phenoxy) is 1. The average molecular weight is 399 g/mol. The molecule has 0 aliphatic rings. The first kappa shape index (κ1) is 21.5. The first-order valence-corrected chi connectivity index (χ1v) is 8.86. The van der Waals surface area contributed by atoms with Gasteiger partial charge in [0.05, 0.1) is 11.3 Å². The molecule has 2 aromatic carbocycles. The summed E-state index contributed by atoms with van der Waals surface area (Å²) in [5.41, 5.74) is 1.20. The molecule has 0 fully saturated rings. The number of hydrogen-bond donors (Lipinski definition) is 2. The van der Waals surface area contributed by atoms with Crippen LogP contribution in [0.3, 0.4) is 0 Å². The molecule has 0 radical (unpaired) electrons. The van der Waals surface area contributed by atoms with Crippen molar-refractivity contribution in [2.45, 2.75) is 26.4 Å². The molecule has 2 aromatic rings.